The van der Waals surface area contributed by atoms with Crippen LogP contribution in [0.1, 0.15) is 0 Å². The summed E-state index contributed by atoms with van der Waals surface area (Å²) in [7, 11) is 0. The van der Waals surface area contributed by atoms with Gasteiger partial charge in [-0.2, -0.15) is 0 Å². The van der Waals surface area contributed by atoms with E-state index in [1.54, 1.807) is 0 Å². The van der Waals surface area contributed by atoms with Crippen molar-refractivity contribution < 1.29 is 4.42 Å². The van der Waals surface area contributed by atoms with Crippen molar-refractivity contribution in [1.29, 1.82) is 0 Å². The Kier molecular flexibility index (Phi) is 7.05. The van der Waals surface area contributed by atoms with Crippen LogP contribution in [-0.2, 0) is 0 Å². The lowest BCUT2D eigenvalue weighted by Crippen LogP contribution is -2.10. The Morgan fingerprint density at radius 1 is 0.407 bits per heavy atom. The van der Waals surface area contributed by atoms with Gasteiger partial charge in [-0.1, -0.05) is 109 Å². The maximum atomic E-state index is 6.74. The first kappa shape index (κ1) is 32.9. The second kappa shape index (κ2) is 12.7. The average Bonchev–Trinajstić information content (AvgIpc) is 4.05. The number of hydrogen-bond donors (Lipinski definition) is 0. The van der Waals surface area contributed by atoms with E-state index in [-0.39, 0.29) is 0 Å². The third kappa shape index (κ3) is 4.86. The number of benzene rings is 9. The number of fused-ring (bicyclic) bond motifs is 12. The van der Waals surface area contributed by atoms with E-state index in [1.165, 1.54) is 67.9 Å². The molecule has 0 N–H and O–H groups in total. The molecule has 0 saturated carbocycles. The highest BCUT2D eigenvalue weighted by Crippen LogP contribution is 2.49. The van der Waals surface area contributed by atoms with Crippen LogP contribution in [0.4, 0.5) is 17.1 Å². The molecule has 13 rings (SSSR count). The van der Waals surface area contributed by atoms with Gasteiger partial charge in [-0.15, -0.1) is 22.7 Å². The molecule has 276 valence electrons. The van der Waals surface area contributed by atoms with Gasteiger partial charge in [0.15, 0.2) is 0 Å². The zero-order chi connectivity index (χ0) is 38.6. The molecule has 4 heterocycles. The zero-order valence-electron chi connectivity index (χ0n) is 31.6. The van der Waals surface area contributed by atoms with Gasteiger partial charge in [-0.3, -0.25) is 0 Å². The van der Waals surface area contributed by atoms with E-state index < -0.39 is 0 Å². The topological polar surface area (TPSA) is 21.3 Å². The summed E-state index contributed by atoms with van der Waals surface area (Å²) in [5.74, 6) is 0. The minimum Gasteiger partial charge on any atom is -0.456 e. The Balaban J connectivity index is 1.05. The Bertz CT molecular complexity index is 3790. The second-order valence-electron chi connectivity index (χ2n) is 15.2. The summed E-state index contributed by atoms with van der Waals surface area (Å²) >= 11 is 3.72. The van der Waals surface area contributed by atoms with Crippen molar-refractivity contribution in [2.24, 2.45) is 0 Å². The minimum absolute atomic E-state index is 0.885. The van der Waals surface area contributed by atoms with Crippen molar-refractivity contribution in [2.45, 2.75) is 0 Å². The van der Waals surface area contributed by atoms with Gasteiger partial charge in [-0.25, -0.2) is 0 Å². The van der Waals surface area contributed by atoms with Crippen molar-refractivity contribution >= 4 is 124 Å². The minimum atomic E-state index is 0.885. The van der Waals surface area contributed by atoms with Crippen LogP contribution in [-0.4, -0.2) is 4.57 Å². The molecule has 3 nitrogen and oxygen atoms in total. The van der Waals surface area contributed by atoms with E-state index in [1.807, 2.05) is 22.7 Å². The van der Waals surface area contributed by atoms with Crippen LogP contribution in [0.15, 0.2) is 199 Å². The van der Waals surface area contributed by atoms with Crippen LogP contribution in [0.3, 0.4) is 0 Å². The number of furan rings is 1. The van der Waals surface area contributed by atoms with Crippen molar-refractivity contribution in [3.63, 3.8) is 0 Å². The monoisotopic (exact) mass is 788 g/mol. The fourth-order valence-electron chi connectivity index (χ4n) is 9.44. The van der Waals surface area contributed by atoms with Crippen molar-refractivity contribution in [3.05, 3.63) is 194 Å². The van der Waals surface area contributed by atoms with E-state index in [0.717, 1.165) is 50.0 Å². The zero-order valence-corrected chi connectivity index (χ0v) is 33.2. The highest BCUT2D eigenvalue weighted by molar-refractivity contribution is 7.26. The average molecular weight is 789 g/mol. The quantitative estimate of drug-likeness (QED) is 0.173. The number of hydrogen-bond acceptors (Lipinski definition) is 4. The number of thiophene rings is 2. The molecule has 0 amide bonds. The molecule has 0 aliphatic carbocycles. The van der Waals surface area contributed by atoms with Gasteiger partial charge < -0.3 is 13.9 Å². The first-order valence-electron chi connectivity index (χ1n) is 19.9. The van der Waals surface area contributed by atoms with E-state index in [9.17, 15) is 0 Å². The Labute approximate surface area is 346 Å². The highest BCUT2D eigenvalue weighted by atomic mass is 32.1. The molecule has 59 heavy (non-hydrogen) atoms. The normalized spacial score (nSPS) is 12.1. The lowest BCUT2D eigenvalue weighted by Gasteiger charge is -2.26. The second-order valence-corrected chi connectivity index (χ2v) is 17.4. The lowest BCUT2D eigenvalue weighted by atomic mass is 9.93. The van der Waals surface area contributed by atoms with Crippen LogP contribution in [0.25, 0.3) is 101 Å². The molecule has 0 aliphatic rings. The Morgan fingerprint density at radius 3 is 1.88 bits per heavy atom. The van der Waals surface area contributed by atoms with Crippen LogP contribution < -0.4 is 4.90 Å². The van der Waals surface area contributed by atoms with Crippen LogP contribution in [0, 0.1) is 0 Å². The molecule has 9 aromatic carbocycles. The summed E-state index contributed by atoms with van der Waals surface area (Å²) in [6.45, 7) is 0. The third-order valence-electron chi connectivity index (χ3n) is 12.0. The summed E-state index contributed by atoms with van der Waals surface area (Å²) in [6.07, 6.45) is 0. The largest absolute Gasteiger partial charge is 0.456 e. The molecular weight excluding hydrogens is 757 g/mol. The first-order valence-corrected chi connectivity index (χ1v) is 21.6. The molecule has 0 bridgehead atoms. The summed E-state index contributed by atoms with van der Waals surface area (Å²) in [5.41, 5.74) is 10.9. The smallest absolute Gasteiger partial charge is 0.138 e. The third-order valence-corrected chi connectivity index (χ3v) is 14.3. The van der Waals surface area contributed by atoms with Gasteiger partial charge in [0.1, 0.15) is 11.2 Å². The van der Waals surface area contributed by atoms with Crippen LogP contribution in [0.2, 0.25) is 0 Å². The van der Waals surface area contributed by atoms with E-state index in [4.69, 9.17) is 4.42 Å². The number of nitrogens with zero attached hydrogens (tertiary/aromatic N) is 2. The fraction of sp³-hybridized carbons (Fsp3) is 0. The number of rotatable bonds is 5. The molecule has 0 fully saturated rings. The predicted octanol–water partition coefficient (Wildman–Crippen LogP) is 16.6. The summed E-state index contributed by atoms with van der Waals surface area (Å²) in [6, 6.07) is 70.6. The molecule has 0 saturated heterocycles. The summed E-state index contributed by atoms with van der Waals surface area (Å²) < 4.78 is 14.3. The molecule has 0 atom stereocenters. The first-order chi connectivity index (χ1) is 29.3. The number of aromatic nitrogens is 1. The van der Waals surface area contributed by atoms with Gasteiger partial charge >= 0.3 is 0 Å². The molecule has 0 unspecified atom stereocenters. The molecule has 5 heteroatoms. The van der Waals surface area contributed by atoms with Gasteiger partial charge in [0.2, 0.25) is 0 Å². The molecular formula is C54H32N2OS2. The number of para-hydroxylation sites is 3. The van der Waals surface area contributed by atoms with Crippen LogP contribution in [0.5, 0.6) is 0 Å². The van der Waals surface area contributed by atoms with Crippen LogP contribution >= 0.6 is 22.7 Å². The predicted molar refractivity (Wildman–Crippen MR) is 254 cm³/mol. The molecule has 0 spiro atoms. The van der Waals surface area contributed by atoms with Crippen molar-refractivity contribution in [2.75, 3.05) is 4.90 Å². The SMILES string of the molecule is c1ccc(N(c2ccc(-n3c4ccccc4c4c(-c5ccc6sc7ccccc7c6c5)c5c(cc43)oc3ccccc35)cc2)c2cccc3c2sc2ccccc23)cc1. The highest BCUT2D eigenvalue weighted by Gasteiger charge is 2.24. The number of anilines is 3. The van der Waals surface area contributed by atoms with Gasteiger partial charge in [0, 0.05) is 85.9 Å². The van der Waals surface area contributed by atoms with Gasteiger partial charge in [-0.05, 0) is 84.4 Å². The molecule has 4 aromatic heterocycles. The summed E-state index contributed by atoms with van der Waals surface area (Å²) in [4.78, 5) is 2.40. The van der Waals surface area contributed by atoms with Gasteiger partial charge in [0.05, 0.1) is 21.4 Å². The van der Waals surface area contributed by atoms with E-state index in [0.29, 0.717) is 0 Å². The standard InChI is InChI=1S/C54H32N2OS2/c1-2-13-34(14-3-1)55(44-21-12-19-39-37-15-6-11-24-49(37)59-54(39)44)35-26-28-36(29-27-35)56-43-20-8-4-17-40(43)52-45(56)32-47-53(41-18-5-9-22-46(41)57-47)51(52)33-25-30-50-42(31-33)38-16-7-10-23-48(38)58-50/h1-32H. The van der Waals surface area contributed by atoms with Crippen molar-refractivity contribution in [3.8, 4) is 16.8 Å². The molecule has 0 aliphatic heterocycles. The van der Waals surface area contributed by atoms with Crippen molar-refractivity contribution in [1.82, 2.24) is 4.57 Å². The molecule has 13 aromatic rings. The molecule has 0 radical (unpaired) electrons. The van der Waals surface area contributed by atoms with Gasteiger partial charge in [0.25, 0.3) is 0 Å². The maximum absolute atomic E-state index is 6.74. The Morgan fingerprint density at radius 2 is 1.05 bits per heavy atom. The lowest BCUT2D eigenvalue weighted by molar-refractivity contribution is 0.669. The summed E-state index contributed by atoms with van der Waals surface area (Å²) in [5, 5.41) is 9.89. The fourth-order valence-corrected chi connectivity index (χ4v) is 11.7. The van der Waals surface area contributed by atoms with E-state index >= 15 is 0 Å². The maximum Gasteiger partial charge on any atom is 0.138 e. The van der Waals surface area contributed by atoms with E-state index in [2.05, 4.69) is 204 Å². The Hall–Kier alpha value is -7.18.